The first-order chi connectivity index (χ1) is 7.75. The Hall–Kier alpha value is -2.03. The molecule has 82 valence electrons. The van der Waals surface area contributed by atoms with E-state index in [1.54, 1.807) is 30.5 Å². The van der Waals surface area contributed by atoms with Crippen LogP contribution >= 0.6 is 0 Å². The van der Waals surface area contributed by atoms with Crippen molar-refractivity contribution in [1.29, 1.82) is 0 Å². The molecule has 0 bridgehead atoms. The van der Waals surface area contributed by atoms with Gasteiger partial charge in [-0.25, -0.2) is 0 Å². The number of aromatic nitrogens is 1. The third-order valence-electron chi connectivity index (χ3n) is 2.31. The topological polar surface area (TPSA) is 42.4 Å². The Morgan fingerprint density at radius 1 is 1.25 bits per heavy atom. The minimum Gasteiger partial charge on any atom is -0.508 e. The Morgan fingerprint density at radius 2 is 2.12 bits per heavy atom. The number of hydrogen-bond donors (Lipinski definition) is 1. The summed E-state index contributed by atoms with van der Waals surface area (Å²) in [6, 6.07) is 10.6. The molecule has 0 aliphatic carbocycles. The highest BCUT2D eigenvalue weighted by Crippen LogP contribution is 2.18. The summed E-state index contributed by atoms with van der Waals surface area (Å²) in [4.78, 5) is 4.23. The quantitative estimate of drug-likeness (QED) is 0.855. The number of phenols is 1. The summed E-state index contributed by atoms with van der Waals surface area (Å²) in [5.74, 6) is 0.847. The van der Waals surface area contributed by atoms with Crippen molar-refractivity contribution < 1.29 is 9.84 Å². The van der Waals surface area contributed by atoms with Gasteiger partial charge in [0.25, 0.3) is 0 Å². The Morgan fingerprint density at radius 3 is 2.88 bits per heavy atom. The molecule has 0 unspecified atom stereocenters. The molecule has 0 saturated heterocycles. The molecule has 1 N–H and O–H groups in total. The first kappa shape index (κ1) is 10.5. The summed E-state index contributed by atoms with van der Waals surface area (Å²) in [7, 11) is 0. The van der Waals surface area contributed by atoms with E-state index < -0.39 is 0 Å². The van der Waals surface area contributed by atoms with Gasteiger partial charge in [-0.15, -0.1) is 0 Å². The fourth-order valence-electron chi connectivity index (χ4n) is 1.39. The average Bonchev–Trinajstić information content (AvgIpc) is 2.28. The Bertz CT molecular complexity index is 483. The molecular weight excluding hydrogens is 202 g/mol. The molecule has 0 spiro atoms. The summed E-state index contributed by atoms with van der Waals surface area (Å²) in [6.07, 6.45) is 1.74. The molecule has 0 aliphatic heterocycles. The number of rotatable bonds is 3. The molecule has 3 heteroatoms. The summed E-state index contributed by atoms with van der Waals surface area (Å²) in [5.41, 5.74) is 2.01. The van der Waals surface area contributed by atoms with Gasteiger partial charge in [-0.05, 0) is 30.7 Å². The zero-order valence-corrected chi connectivity index (χ0v) is 9.05. The van der Waals surface area contributed by atoms with Crippen molar-refractivity contribution in [3.05, 3.63) is 53.9 Å². The lowest BCUT2D eigenvalue weighted by Gasteiger charge is -2.07. The Labute approximate surface area is 94.3 Å². The minimum atomic E-state index is 0.204. The monoisotopic (exact) mass is 215 g/mol. The number of aryl methyl sites for hydroxylation is 1. The van der Waals surface area contributed by atoms with Gasteiger partial charge in [-0.2, -0.15) is 0 Å². The first-order valence-corrected chi connectivity index (χ1v) is 5.08. The van der Waals surface area contributed by atoms with Crippen LogP contribution in [0.25, 0.3) is 0 Å². The summed E-state index contributed by atoms with van der Waals surface area (Å²) < 4.78 is 5.53. The molecule has 1 aromatic carbocycles. The number of hydrogen-bond acceptors (Lipinski definition) is 3. The van der Waals surface area contributed by atoms with E-state index in [-0.39, 0.29) is 5.75 Å². The van der Waals surface area contributed by atoms with Crippen molar-refractivity contribution in [2.75, 3.05) is 0 Å². The highest BCUT2D eigenvalue weighted by atomic mass is 16.5. The van der Waals surface area contributed by atoms with Crippen LogP contribution in [0, 0.1) is 6.92 Å². The standard InChI is InChI=1S/C13H13NO2/c1-10-4-3-7-14-13(10)9-16-12-6-2-5-11(15)8-12/h2-8,15H,9H2,1H3. The second-order valence-corrected chi connectivity index (χ2v) is 3.55. The van der Waals surface area contributed by atoms with Gasteiger partial charge >= 0.3 is 0 Å². The second-order valence-electron chi connectivity index (χ2n) is 3.55. The van der Waals surface area contributed by atoms with Gasteiger partial charge in [0, 0.05) is 12.3 Å². The molecule has 0 radical (unpaired) electrons. The van der Waals surface area contributed by atoms with Gasteiger partial charge < -0.3 is 9.84 Å². The second kappa shape index (κ2) is 4.66. The fraction of sp³-hybridized carbons (Fsp3) is 0.154. The summed E-state index contributed by atoms with van der Waals surface area (Å²) >= 11 is 0. The molecule has 2 aromatic rings. The van der Waals surface area contributed by atoms with Gasteiger partial charge in [0.15, 0.2) is 0 Å². The van der Waals surface area contributed by atoms with Crippen LogP contribution in [0.2, 0.25) is 0 Å². The molecule has 0 atom stereocenters. The zero-order chi connectivity index (χ0) is 11.4. The predicted octanol–water partition coefficient (Wildman–Crippen LogP) is 2.67. The molecule has 0 aliphatic rings. The van der Waals surface area contributed by atoms with Crippen molar-refractivity contribution in [1.82, 2.24) is 4.98 Å². The van der Waals surface area contributed by atoms with Gasteiger partial charge in [-0.3, -0.25) is 4.98 Å². The van der Waals surface area contributed by atoms with Gasteiger partial charge in [0.05, 0.1) is 5.69 Å². The van der Waals surface area contributed by atoms with E-state index in [0.29, 0.717) is 12.4 Å². The van der Waals surface area contributed by atoms with E-state index in [9.17, 15) is 5.11 Å². The number of pyridine rings is 1. The molecule has 0 fully saturated rings. The molecule has 3 nitrogen and oxygen atoms in total. The SMILES string of the molecule is Cc1cccnc1COc1cccc(O)c1. The Kier molecular flexibility index (Phi) is 3.05. The maximum atomic E-state index is 9.27. The third kappa shape index (κ3) is 2.51. The number of aromatic hydroxyl groups is 1. The van der Waals surface area contributed by atoms with Crippen LogP contribution in [0.5, 0.6) is 11.5 Å². The molecule has 2 rings (SSSR count). The smallest absolute Gasteiger partial charge is 0.130 e. The van der Waals surface area contributed by atoms with Crippen LogP contribution in [0.4, 0.5) is 0 Å². The van der Waals surface area contributed by atoms with Crippen LogP contribution in [0.1, 0.15) is 11.3 Å². The highest BCUT2D eigenvalue weighted by molar-refractivity contribution is 5.32. The van der Waals surface area contributed by atoms with E-state index in [1.807, 2.05) is 19.1 Å². The molecular formula is C13H13NO2. The lowest BCUT2D eigenvalue weighted by Crippen LogP contribution is -2.00. The van der Waals surface area contributed by atoms with Crippen LogP contribution in [-0.4, -0.2) is 10.1 Å². The summed E-state index contributed by atoms with van der Waals surface area (Å²) in [5, 5.41) is 9.27. The molecule has 16 heavy (non-hydrogen) atoms. The van der Waals surface area contributed by atoms with Crippen molar-refractivity contribution in [2.45, 2.75) is 13.5 Å². The van der Waals surface area contributed by atoms with Crippen LogP contribution in [0.15, 0.2) is 42.6 Å². The zero-order valence-electron chi connectivity index (χ0n) is 9.05. The van der Waals surface area contributed by atoms with Crippen molar-refractivity contribution in [3.8, 4) is 11.5 Å². The summed E-state index contributed by atoms with van der Waals surface area (Å²) in [6.45, 7) is 2.41. The van der Waals surface area contributed by atoms with E-state index in [2.05, 4.69) is 4.98 Å². The van der Waals surface area contributed by atoms with Gasteiger partial charge in [0.1, 0.15) is 18.1 Å². The lowest BCUT2D eigenvalue weighted by atomic mass is 10.2. The number of benzene rings is 1. The number of nitrogens with zero attached hydrogens (tertiary/aromatic N) is 1. The van der Waals surface area contributed by atoms with Crippen molar-refractivity contribution in [3.63, 3.8) is 0 Å². The molecule has 0 saturated carbocycles. The van der Waals surface area contributed by atoms with E-state index in [1.165, 1.54) is 0 Å². The third-order valence-corrected chi connectivity index (χ3v) is 2.31. The molecule has 1 aromatic heterocycles. The van der Waals surface area contributed by atoms with Crippen LogP contribution < -0.4 is 4.74 Å². The van der Waals surface area contributed by atoms with E-state index in [4.69, 9.17) is 4.74 Å². The number of phenolic OH excluding ortho intramolecular Hbond substituents is 1. The maximum absolute atomic E-state index is 9.27. The lowest BCUT2D eigenvalue weighted by molar-refractivity contribution is 0.298. The van der Waals surface area contributed by atoms with Gasteiger partial charge in [0.2, 0.25) is 0 Å². The van der Waals surface area contributed by atoms with Crippen molar-refractivity contribution >= 4 is 0 Å². The van der Waals surface area contributed by atoms with E-state index in [0.717, 1.165) is 11.3 Å². The highest BCUT2D eigenvalue weighted by Gasteiger charge is 2.00. The fourth-order valence-corrected chi connectivity index (χ4v) is 1.39. The average molecular weight is 215 g/mol. The van der Waals surface area contributed by atoms with Crippen LogP contribution in [0.3, 0.4) is 0 Å². The molecule has 0 amide bonds. The Balaban J connectivity index is 2.05. The largest absolute Gasteiger partial charge is 0.508 e. The van der Waals surface area contributed by atoms with Gasteiger partial charge in [-0.1, -0.05) is 12.1 Å². The van der Waals surface area contributed by atoms with E-state index >= 15 is 0 Å². The normalized spacial score (nSPS) is 10.1. The first-order valence-electron chi connectivity index (χ1n) is 5.08. The predicted molar refractivity (Wildman–Crippen MR) is 61.4 cm³/mol. The van der Waals surface area contributed by atoms with Crippen molar-refractivity contribution in [2.24, 2.45) is 0 Å². The minimum absolute atomic E-state index is 0.204. The maximum Gasteiger partial charge on any atom is 0.130 e. The number of ether oxygens (including phenoxy) is 1. The van der Waals surface area contributed by atoms with Crippen LogP contribution in [-0.2, 0) is 6.61 Å². The molecule has 1 heterocycles.